The van der Waals surface area contributed by atoms with Crippen molar-refractivity contribution in [1.82, 2.24) is 9.88 Å². The number of hydrogen-bond donors (Lipinski definition) is 0. The summed E-state index contributed by atoms with van der Waals surface area (Å²) in [5.41, 5.74) is 0.828. The second-order valence-electron chi connectivity index (χ2n) is 5.14. The minimum Gasteiger partial charge on any atom is -0.494 e. The number of carbonyl (C=O) groups excluding carboxylic acids is 1. The number of aromatic nitrogens is 1. The van der Waals surface area contributed by atoms with Gasteiger partial charge in [0.25, 0.3) is 0 Å². The molecule has 0 fully saturated rings. The minimum atomic E-state index is -0.292. The van der Waals surface area contributed by atoms with Crippen molar-refractivity contribution in [2.24, 2.45) is 0 Å². The van der Waals surface area contributed by atoms with E-state index in [1.807, 2.05) is 0 Å². The molecule has 4 nitrogen and oxygen atoms in total. The van der Waals surface area contributed by atoms with Gasteiger partial charge in [-0.15, -0.1) is 0 Å². The van der Waals surface area contributed by atoms with Gasteiger partial charge in [0.15, 0.2) is 0 Å². The van der Waals surface area contributed by atoms with Crippen LogP contribution in [0.1, 0.15) is 12.0 Å². The van der Waals surface area contributed by atoms with Gasteiger partial charge in [0, 0.05) is 19.8 Å². The normalized spacial score (nSPS) is 10.4. The number of halogens is 2. The van der Waals surface area contributed by atoms with Gasteiger partial charge < -0.3 is 9.64 Å². The van der Waals surface area contributed by atoms with Crippen LogP contribution in [-0.4, -0.2) is 36.0 Å². The SMILES string of the molecule is CN(CCCOc1ccc(F)cc1)C(=O)Cc1ccc(Cl)nc1. The van der Waals surface area contributed by atoms with Gasteiger partial charge in [-0.05, 0) is 42.3 Å². The van der Waals surface area contributed by atoms with E-state index in [0.29, 0.717) is 36.9 Å². The van der Waals surface area contributed by atoms with E-state index < -0.39 is 0 Å². The van der Waals surface area contributed by atoms with Crippen LogP contribution in [0, 0.1) is 5.82 Å². The molecule has 0 aliphatic heterocycles. The number of pyridine rings is 1. The molecule has 1 aromatic heterocycles. The maximum Gasteiger partial charge on any atom is 0.226 e. The number of carbonyl (C=O) groups is 1. The fraction of sp³-hybridized carbons (Fsp3) is 0.294. The second-order valence-corrected chi connectivity index (χ2v) is 5.52. The first-order valence-electron chi connectivity index (χ1n) is 7.27. The van der Waals surface area contributed by atoms with Crippen molar-refractivity contribution in [3.05, 3.63) is 59.1 Å². The summed E-state index contributed by atoms with van der Waals surface area (Å²) in [5.74, 6) is 0.336. The molecule has 0 radical (unpaired) electrons. The van der Waals surface area contributed by atoms with Gasteiger partial charge in [-0.3, -0.25) is 4.79 Å². The van der Waals surface area contributed by atoms with E-state index in [4.69, 9.17) is 16.3 Å². The first-order valence-corrected chi connectivity index (χ1v) is 7.65. The third kappa shape index (κ3) is 5.87. The lowest BCUT2D eigenvalue weighted by Gasteiger charge is -2.17. The number of amides is 1. The molecule has 1 heterocycles. The minimum absolute atomic E-state index is 0.0101. The van der Waals surface area contributed by atoms with Crippen LogP contribution in [0.4, 0.5) is 4.39 Å². The van der Waals surface area contributed by atoms with Gasteiger partial charge in [-0.2, -0.15) is 0 Å². The number of hydrogen-bond acceptors (Lipinski definition) is 3. The average molecular weight is 337 g/mol. The molecule has 1 amide bonds. The highest BCUT2D eigenvalue weighted by atomic mass is 35.5. The van der Waals surface area contributed by atoms with Crippen molar-refractivity contribution in [2.75, 3.05) is 20.2 Å². The summed E-state index contributed by atoms with van der Waals surface area (Å²) in [7, 11) is 1.75. The summed E-state index contributed by atoms with van der Waals surface area (Å²) in [6.45, 7) is 1.05. The Morgan fingerprint density at radius 1 is 1.26 bits per heavy atom. The molecule has 0 saturated carbocycles. The van der Waals surface area contributed by atoms with Gasteiger partial charge in [-0.25, -0.2) is 9.37 Å². The van der Waals surface area contributed by atoms with Crippen LogP contribution >= 0.6 is 11.6 Å². The van der Waals surface area contributed by atoms with E-state index in [1.54, 1.807) is 42.4 Å². The Hall–Kier alpha value is -2.14. The molecule has 6 heteroatoms. The summed E-state index contributed by atoms with van der Waals surface area (Å²) in [5, 5.41) is 0.410. The van der Waals surface area contributed by atoms with Gasteiger partial charge in [-0.1, -0.05) is 17.7 Å². The van der Waals surface area contributed by atoms with Crippen molar-refractivity contribution >= 4 is 17.5 Å². The number of likely N-dealkylation sites (N-methyl/N-ethyl adjacent to an activating group) is 1. The summed E-state index contributed by atoms with van der Waals surface area (Å²) < 4.78 is 18.3. The highest BCUT2D eigenvalue weighted by Crippen LogP contribution is 2.11. The van der Waals surface area contributed by atoms with E-state index in [-0.39, 0.29) is 11.7 Å². The molecule has 0 spiro atoms. The Labute approximate surface area is 139 Å². The zero-order valence-electron chi connectivity index (χ0n) is 12.8. The molecule has 0 bridgehead atoms. The Morgan fingerprint density at radius 3 is 2.65 bits per heavy atom. The largest absolute Gasteiger partial charge is 0.494 e. The number of benzene rings is 1. The lowest BCUT2D eigenvalue weighted by molar-refractivity contribution is -0.129. The molecule has 2 rings (SSSR count). The highest BCUT2D eigenvalue weighted by Gasteiger charge is 2.09. The van der Waals surface area contributed by atoms with Gasteiger partial charge in [0.1, 0.15) is 16.7 Å². The maximum absolute atomic E-state index is 12.8. The third-order valence-electron chi connectivity index (χ3n) is 3.29. The number of rotatable bonds is 7. The zero-order valence-corrected chi connectivity index (χ0v) is 13.6. The van der Waals surface area contributed by atoms with Crippen molar-refractivity contribution in [3.8, 4) is 5.75 Å². The van der Waals surface area contributed by atoms with Gasteiger partial charge in [0.2, 0.25) is 5.91 Å². The van der Waals surface area contributed by atoms with Crippen LogP contribution in [0.3, 0.4) is 0 Å². The van der Waals surface area contributed by atoms with Crippen molar-refractivity contribution in [1.29, 1.82) is 0 Å². The quantitative estimate of drug-likeness (QED) is 0.575. The highest BCUT2D eigenvalue weighted by molar-refractivity contribution is 6.29. The van der Waals surface area contributed by atoms with Crippen LogP contribution in [-0.2, 0) is 11.2 Å². The topological polar surface area (TPSA) is 42.4 Å². The fourth-order valence-corrected chi connectivity index (χ4v) is 2.08. The molecule has 23 heavy (non-hydrogen) atoms. The molecule has 2 aromatic rings. The molecular formula is C17H18ClFN2O2. The lowest BCUT2D eigenvalue weighted by atomic mass is 10.2. The lowest BCUT2D eigenvalue weighted by Crippen LogP contribution is -2.30. The predicted octanol–water partition coefficient (Wildman–Crippen LogP) is 3.34. The predicted molar refractivity (Wildman–Crippen MR) is 87.1 cm³/mol. The van der Waals surface area contributed by atoms with Gasteiger partial charge >= 0.3 is 0 Å². The van der Waals surface area contributed by atoms with Crippen LogP contribution in [0.15, 0.2) is 42.6 Å². The van der Waals surface area contributed by atoms with Gasteiger partial charge in [0.05, 0.1) is 13.0 Å². The molecule has 1 aromatic carbocycles. The summed E-state index contributed by atoms with van der Waals surface area (Å²) in [6, 6.07) is 9.32. The molecule has 0 saturated heterocycles. The second kappa shape index (κ2) is 8.48. The van der Waals surface area contributed by atoms with Crippen molar-refractivity contribution in [2.45, 2.75) is 12.8 Å². The van der Waals surface area contributed by atoms with E-state index in [2.05, 4.69) is 4.98 Å². The van der Waals surface area contributed by atoms with E-state index in [1.165, 1.54) is 12.1 Å². The molecule has 0 aliphatic rings. The Morgan fingerprint density at radius 2 is 2.00 bits per heavy atom. The monoisotopic (exact) mass is 336 g/mol. The number of nitrogens with zero attached hydrogens (tertiary/aromatic N) is 2. The maximum atomic E-state index is 12.8. The Kier molecular flexibility index (Phi) is 6.35. The Bertz CT molecular complexity index is 632. The Balaban J connectivity index is 1.69. The molecule has 0 N–H and O–H groups in total. The van der Waals surface area contributed by atoms with E-state index >= 15 is 0 Å². The summed E-state index contributed by atoms with van der Waals surface area (Å²) in [6.07, 6.45) is 2.59. The standard InChI is InChI=1S/C17H18ClFN2O2/c1-21(17(22)11-13-3-8-16(18)20-12-13)9-2-10-23-15-6-4-14(19)5-7-15/h3-8,12H,2,9-11H2,1H3. The van der Waals surface area contributed by atoms with Crippen LogP contribution in [0.2, 0.25) is 5.15 Å². The molecule has 0 atom stereocenters. The molecule has 0 aliphatic carbocycles. The number of ether oxygens (including phenoxy) is 1. The van der Waals surface area contributed by atoms with E-state index in [0.717, 1.165) is 5.56 Å². The van der Waals surface area contributed by atoms with Crippen LogP contribution < -0.4 is 4.74 Å². The molecule has 122 valence electrons. The average Bonchev–Trinajstić information content (AvgIpc) is 2.55. The summed E-state index contributed by atoms with van der Waals surface area (Å²) >= 11 is 5.71. The third-order valence-corrected chi connectivity index (χ3v) is 3.51. The van der Waals surface area contributed by atoms with Crippen LogP contribution in [0.5, 0.6) is 5.75 Å². The summed E-state index contributed by atoms with van der Waals surface area (Å²) in [4.78, 5) is 17.7. The van der Waals surface area contributed by atoms with Crippen molar-refractivity contribution < 1.29 is 13.9 Å². The smallest absolute Gasteiger partial charge is 0.226 e. The zero-order chi connectivity index (χ0) is 16.7. The molecule has 0 unspecified atom stereocenters. The fourth-order valence-electron chi connectivity index (χ4n) is 1.97. The first-order chi connectivity index (χ1) is 11.0. The van der Waals surface area contributed by atoms with Crippen LogP contribution in [0.25, 0.3) is 0 Å². The van der Waals surface area contributed by atoms with E-state index in [9.17, 15) is 9.18 Å². The van der Waals surface area contributed by atoms with Crippen molar-refractivity contribution in [3.63, 3.8) is 0 Å². The molecular weight excluding hydrogens is 319 g/mol. The first kappa shape index (κ1) is 17.2.